The third-order valence-corrected chi connectivity index (χ3v) is 5.09. The minimum Gasteiger partial charge on any atom is -0.497 e. The van der Waals surface area contributed by atoms with E-state index in [9.17, 15) is 0 Å². The number of halogens is 2. The molecule has 0 spiro atoms. The van der Waals surface area contributed by atoms with E-state index >= 15 is 0 Å². The Hall–Kier alpha value is -1.22. The first-order valence-corrected chi connectivity index (χ1v) is 7.68. The molecular weight excluding hydrogens is 305 g/mol. The number of benzene rings is 2. The summed E-state index contributed by atoms with van der Waals surface area (Å²) in [5.41, 5.74) is 9.70. The normalized spacial score (nSPS) is 20.4. The van der Waals surface area contributed by atoms with E-state index in [1.54, 1.807) is 13.2 Å². The van der Waals surface area contributed by atoms with Crippen LogP contribution in [-0.4, -0.2) is 7.11 Å². The second-order valence-corrected chi connectivity index (χ2v) is 6.35. The fourth-order valence-corrected chi connectivity index (χ4v) is 3.45. The maximum absolute atomic E-state index is 6.69. The lowest BCUT2D eigenvalue weighted by atomic mass is 9.86. The Morgan fingerprint density at radius 3 is 2.81 bits per heavy atom. The highest BCUT2D eigenvalue weighted by atomic mass is 35.5. The standard InChI is InChI=1S/C17H17Cl2NO/c1-21-13-6-5-11-7-8-17(20,14(11)9-13)10-12-3-2-4-15(18)16(12)19/h2-6,9H,7-8,10,20H2,1H3. The van der Waals surface area contributed by atoms with E-state index in [0.29, 0.717) is 16.5 Å². The monoisotopic (exact) mass is 321 g/mol. The van der Waals surface area contributed by atoms with Gasteiger partial charge in [0.25, 0.3) is 0 Å². The van der Waals surface area contributed by atoms with E-state index < -0.39 is 5.54 Å². The molecule has 110 valence electrons. The second kappa shape index (κ2) is 5.53. The molecule has 21 heavy (non-hydrogen) atoms. The van der Waals surface area contributed by atoms with Gasteiger partial charge < -0.3 is 10.5 Å². The van der Waals surface area contributed by atoms with Crippen LogP contribution in [0.1, 0.15) is 23.1 Å². The lowest BCUT2D eigenvalue weighted by Crippen LogP contribution is -2.36. The van der Waals surface area contributed by atoms with Crippen molar-refractivity contribution in [1.82, 2.24) is 0 Å². The zero-order chi connectivity index (χ0) is 15.0. The quantitative estimate of drug-likeness (QED) is 0.912. The molecule has 2 N–H and O–H groups in total. The zero-order valence-corrected chi connectivity index (χ0v) is 13.3. The third kappa shape index (κ3) is 2.64. The Balaban J connectivity index is 1.99. The summed E-state index contributed by atoms with van der Waals surface area (Å²) in [5, 5.41) is 1.17. The van der Waals surface area contributed by atoms with Crippen molar-refractivity contribution in [2.24, 2.45) is 5.73 Å². The first-order chi connectivity index (χ1) is 10.0. The number of rotatable bonds is 3. The Bertz CT molecular complexity index is 686. The number of methoxy groups -OCH3 is 1. The molecule has 1 atom stereocenters. The van der Waals surface area contributed by atoms with Crippen LogP contribution in [0.2, 0.25) is 10.0 Å². The van der Waals surface area contributed by atoms with Gasteiger partial charge in [-0.25, -0.2) is 0 Å². The summed E-state index contributed by atoms with van der Waals surface area (Å²) in [4.78, 5) is 0. The van der Waals surface area contributed by atoms with Gasteiger partial charge in [0.15, 0.2) is 0 Å². The highest BCUT2D eigenvalue weighted by Crippen LogP contribution is 2.40. The molecule has 0 aliphatic heterocycles. The zero-order valence-electron chi connectivity index (χ0n) is 11.8. The van der Waals surface area contributed by atoms with E-state index in [4.69, 9.17) is 33.7 Å². The minimum absolute atomic E-state index is 0.418. The van der Waals surface area contributed by atoms with Gasteiger partial charge in [-0.05, 0) is 54.2 Å². The Kier molecular flexibility index (Phi) is 3.87. The van der Waals surface area contributed by atoms with Gasteiger partial charge in [-0.3, -0.25) is 0 Å². The van der Waals surface area contributed by atoms with Gasteiger partial charge in [0.1, 0.15) is 5.75 Å². The van der Waals surface area contributed by atoms with E-state index in [1.807, 2.05) is 24.3 Å². The van der Waals surface area contributed by atoms with Crippen molar-refractivity contribution in [3.63, 3.8) is 0 Å². The molecule has 0 fully saturated rings. The molecule has 0 heterocycles. The molecule has 1 unspecified atom stereocenters. The molecule has 0 radical (unpaired) electrons. The van der Waals surface area contributed by atoms with E-state index in [1.165, 1.54) is 5.56 Å². The van der Waals surface area contributed by atoms with E-state index in [-0.39, 0.29) is 0 Å². The number of fused-ring (bicyclic) bond motifs is 1. The molecule has 2 aromatic carbocycles. The van der Waals surface area contributed by atoms with Gasteiger partial charge in [-0.15, -0.1) is 0 Å². The van der Waals surface area contributed by atoms with Crippen molar-refractivity contribution < 1.29 is 4.74 Å². The predicted octanol–water partition coefficient (Wildman–Crippen LogP) is 4.34. The first-order valence-electron chi connectivity index (χ1n) is 6.93. The molecule has 0 saturated carbocycles. The van der Waals surface area contributed by atoms with Crippen molar-refractivity contribution in [2.75, 3.05) is 7.11 Å². The first kappa shape index (κ1) is 14.7. The van der Waals surface area contributed by atoms with Crippen LogP contribution >= 0.6 is 23.2 Å². The van der Waals surface area contributed by atoms with Crippen LogP contribution in [0.25, 0.3) is 0 Å². The molecule has 0 aromatic heterocycles. The molecule has 1 aliphatic carbocycles. The van der Waals surface area contributed by atoms with Crippen LogP contribution in [-0.2, 0) is 18.4 Å². The van der Waals surface area contributed by atoms with Crippen LogP contribution in [0.5, 0.6) is 5.75 Å². The summed E-state index contributed by atoms with van der Waals surface area (Å²) in [7, 11) is 1.67. The maximum atomic E-state index is 6.69. The van der Waals surface area contributed by atoms with Crippen molar-refractivity contribution in [3.05, 3.63) is 63.1 Å². The molecule has 2 aromatic rings. The smallest absolute Gasteiger partial charge is 0.119 e. The Morgan fingerprint density at radius 1 is 1.24 bits per heavy atom. The largest absolute Gasteiger partial charge is 0.497 e. The highest BCUT2D eigenvalue weighted by Gasteiger charge is 2.36. The molecule has 2 nitrogen and oxygen atoms in total. The van der Waals surface area contributed by atoms with Gasteiger partial charge in [-0.1, -0.05) is 41.4 Å². The molecule has 0 saturated heterocycles. The number of hydrogen-bond acceptors (Lipinski definition) is 2. The average molecular weight is 322 g/mol. The second-order valence-electron chi connectivity index (χ2n) is 5.57. The summed E-state index contributed by atoms with van der Waals surface area (Å²) >= 11 is 12.4. The SMILES string of the molecule is COc1ccc2c(c1)C(N)(Cc1cccc(Cl)c1Cl)CC2. The number of nitrogens with two attached hydrogens (primary N) is 1. The summed E-state index contributed by atoms with van der Waals surface area (Å²) in [5.74, 6) is 0.836. The molecule has 0 bridgehead atoms. The Morgan fingerprint density at radius 2 is 2.05 bits per heavy atom. The van der Waals surface area contributed by atoms with Crippen molar-refractivity contribution in [2.45, 2.75) is 24.8 Å². The number of hydrogen-bond donors (Lipinski definition) is 1. The lowest BCUT2D eigenvalue weighted by Gasteiger charge is -2.26. The highest BCUT2D eigenvalue weighted by molar-refractivity contribution is 6.42. The maximum Gasteiger partial charge on any atom is 0.119 e. The fraction of sp³-hybridized carbons (Fsp3) is 0.294. The van der Waals surface area contributed by atoms with E-state index in [2.05, 4.69) is 6.07 Å². The Labute approximate surface area is 134 Å². The van der Waals surface area contributed by atoms with Gasteiger partial charge in [0, 0.05) is 5.54 Å². The average Bonchev–Trinajstić information content (AvgIpc) is 2.81. The van der Waals surface area contributed by atoms with Crippen LogP contribution in [0.4, 0.5) is 0 Å². The van der Waals surface area contributed by atoms with Gasteiger partial charge >= 0.3 is 0 Å². The summed E-state index contributed by atoms with van der Waals surface area (Å²) in [6.07, 6.45) is 2.55. The van der Waals surface area contributed by atoms with Gasteiger partial charge in [0.2, 0.25) is 0 Å². The van der Waals surface area contributed by atoms with Crippen LogP contribution in [0.3, 0.4) is 0 Å². The molecule has 3 rings (SSSR count). The summed E-state index contributed by atoms with van der Waals surface area (Å²) < 4.78 is 5.32. The molecular formula is C17H17Cl2NO. The summed E-state index contributed by atoms with van der Waals surface area (Å²) in [6, 6.07) is 11.8. The molecule has 0 amide bonds. The van der Waals surface area contributed by atoms with E-state index in [0.717, 1.165) is 29.7 Å². The van der Waals surface area contributed by atoms with Crippen molar-refractivity contribution in [3.8, 4) is 5.75 Å². The minimum atomic E-state index is -0.418. The number of aryl methyl sites for hydroxylation is 1. The predicted molar refractivity (Wildman–Crippen MR) is 87.3 cm³/mol. The van der Waals surface area contributed by atoms with Crippen LogP contribution < -0.4 is 10.5 Å². The van der Waals surface area contributed by atoms with Crippen LogP contribution in [0.15, 0.2) is 36.4 Å². The van der Waals surface area contributed by atoms with Crippen LogP contribution in [0, 0.1) is 0 Å². The lowest BCUT2D eigenvalue weighted by molar-refractivity contribution is 0.407. The van der Waals surface area contributed by atoms with Crippen molar-refractivity contribution in [1.29, 1.82) is 0 Å². The summed E-state index contributed by atoms with van der Waals surface area (Å²) in [6.45, 7) is 0. The van der Waals surface area contributed by atoms with Crippen molar-refractivity contribution >= 4 is 23.2 Å². The fourth-order valence-electron chi connectivity index (χ4n) is 3.06. The molecule has 1 aliphatic rings. The van der Waals surface area contributed by atoms with Gasteiger partial charge in [0.05, 0.1) is 17.2 Å². The number of ether oxygens (including phenoxy) is 1. The van der Waals surface area contributed by atoms with Gasteiger partial charge in [-0.2, -0.15) is 0 Å². The molecule has 4 heteroatoms. The topological polar surface area (TPSA) is 35.2 Å². The third-order valence-electron chi connectivity index (χ3n) is 4.23.